The largest absolute Gasteiger partial charge is 0.454 e. The second-order valence-electron chi connectivity index (χ2n) is 7.13. The van der Waals surface area contributed by atoms with Crippen LogP contribution in [0.4, 0.5) is 0 Å². The summed E-state index contributed by atoms with van der Waals surface area (Å²) >= 11 is 3.45. The minimum Gasteiger partial charge on any atom is -0.454 e. The first-order valence-electron chi connectivity index (χ1n) is 10.0. The smallest absolute Gasteiger partial charge is 0.353 e. The number of nitrogens with zero attached hydrogens (tertiary/aromatic N) is 1. The highest BCUT2D eigenvalue weighted by molar-refractivity contribution is 9.09. The third-order valence-electron chi connectivity index (χ3n) is 5.12. The van der Waals surface area contributed by atoms with Crippen LogP contribution in [0, 0.1) is 0 Å². The molecular formula is C25H22BrNO4. The molecule has 6 heteroatoms. The lowest BCUT2D eigenvalue weighted by molar-refractivity contribution is -0.140. The fourth-order valence-electron chi connectivity index (χ4n) is 3.62. The van der Waals surface area contributed by atoms with Gasteiger partial charge in [-0.2, -0.15) is 0 Å². The van der Waals surface area contributed by atoms with E-state index in [1.54, 1.807) is 0 Å². The lowest BCUT2D eigenvalue weighted by Gasteiger charge is -2.33. The van der Waals surface area contributed by atoms with E-state index in [0.29, 0.717) is 13.2 Å². The highest BCUT2D eigenvalue weighted by Crippen LogP contribution is 2.40. The van der Waals surface area contributed by atoms with Gasteiger partial charge in [0.15, 0.2) is 6.21 Å². The zero-order valence-electron chi connectivity index (χ0n) is 16.8. The molecule has 158 valence electrons. The maximum Gasteiger partial charge on any atom is 0.353 e. The number of hydrogen-bond donors (Lipinski definition) is 0. The summed E-state index contributed by atoms with van der Waals surface area (Å²) < 4.78 is 10.7. The monoisotopic (exact) mass is 479 g/mol. The van der Waals surface area contributed by atoms with Gasteiger partial charge in [0.25, 0.3) is 0 Å². The van der Waals surface area contributed by atoms with Gasteiger partial charge in [-0.1, -0.05) is 112 Å². The Labute approximate surface area is 189 Å². The molecule has 3 aromatic carbocycles. The number of rotatable bonds is 7. The molecule has 1 fully saturated rings. The third kappa shape index (κ3) is 4.70. The number of carbonyl (C=O) groups is 1. The van der Waals surface area contributed by atoms with Crippen LogP contribution in [0.5, 0.6) is 0 Å². The lowest BCUT2D eigenvalue weighted by atomic mass is 9.80. The van der Waals surface area contributed by atoms with Crippen LogP contribution in [0.25, 0.3) is 0 Å². The predicted molar refractivity (Wildman–Crippen MR) is 122 cm³/mol. The number of alkyl halides is 1. The summed E-state index contributed by atoms with van der Waals surface area (Å²) in [5.41, 5.74) is 1.64. The number of benzene rings is 3. The molecule has 0 spiro atoms. The second-order valence-corrected chi connectivity index (χ2v) is 8.31. The topological polar surface area (TPSA) is 57.1 Å². The molecule has 3 aromatic rings. The molecule has 1 saturated heterocycles. The van der Waals surface area contributed by atoms with Crippen LogP contribution in [-0.2, 0) is 24.7 Å². The van der Waals surface area contributed by atoms with Crippen molar-refractivity contribution in [3.8, 4) is 0 Å². The summed E-state index contributed by atoms with van der Waals surface area (Å²) in [4.78, 5) is 18.5. The molecule has 0 aromatic heterocycles. The predicted octanol–water partition coefficient (Wildman–Crippen LogP) is 4.69. The molecule has 31 heavy (non-hydrogen) atoms. The van der Waals surface area contributed by atoms with Gasteiger partial charge < -0.3 is 14.3 Å². The molecule has 0 amide bonds. The van der Waals surface area contributed by atoms with Crippen LogP contribution in [0.3, 0.4) is 0 Å². The highest BCUT2D eigenvalue weighted by atomic mass is 79.9. The Hall–Kier alpha value is -2.96. The van der Waals surface area contributed by atoms with E-state index < -0.39 is 11.6 Å². The van der Waals surface area contributed by atoms with Crippen molar-refractivity contribution in [1.29, 1.82) is 0 Å². The Balaban J connectivity index is 1.69. The summed E-state index contributed by atoms with van der Waals surface area (Å²) in [7, 11) is 0. The van der Waals surface area contributed by atoms with Crippen molar-refractivity contribution in [2.24, 2.45) is 5.16 Å². The normalized spacial score (nSPS) is 18.7. The van der Waals surface area contributed by atoms with Crippen LogP contribution in [0.15, 0.2) is 96.2 Å². The van der Waals surface area contributed by atoms with Crippen molar-refractivity contribution in [2.45, 2.75) is 16.5 Å². The summed E-state index contributed by atoms with van der Waals surface area (Å²) in [6.07, 6.45) is 0.725. The Morgan fingerprint density at radius 2 is 1.35 bits per heavy atom. The number of carbonyl (C=O) groups excluding carboxylic acids is 1. The van der Waals surface area contributed by atoms with Crippen LogP contribution in [0.1, 0.15) is 16.7 Å². The zero-order valence-corrected chi connectivity index (χ0v) is 18.4. The number of halogens is 1. The standard InChI is InChI=1S/C25H22BrNO4/c26-22-17-29-18-23(22)30-24(28)16-27-31-25(19-10-4-1-5-11-19,20-12-6-2-7-13-20)21-14-8-3-9-15-21/h1-16,22-23H,17-18H2/b27-16+/t22-,23-/m0/s1. The number of esters is 1. The molecule has 0 N–H and O–H groups in total. The quantitative estimate of drug-likeness (QED) is 0.162. The van der Waals surface area contributed by atoms with Gasteiger partial charge in [-0.25, -0.2) is 4.79 Å². The van der Waals surface area contributed by atoms with Gasteiger partial charge in [-0.05, 0) is 0 Å². The molecular weight excluding hydrogens is 458 g/mol. The first-order chi connectivity index (χ1) is 15.2. The Bertz CT molecular complexity index is 915. The van der Waals surface area contributed by atoms with Crippen molar-refractivity contribution in [3.63, 3.8) is 0 Å². The van der Waals surface area contributed by atoms with Crippen molar-refractivity contribution in [2.75, 3.05) is 13.2 Å². The second kappa shape index (κ2) is 9.90. The fourth-order valence-corrected chi connectivity index (χ4v) is 4.07. The van der Waals surface area contributed by atoms with Crippen LogP contribution >= 0.6 is 15.9 Å². The first kappa shape index (κ1) is 21.3. The summed E-state index contributed by atoms with van der Waals surface area (Å²) in [5.74, 6) is -0.581. The Morgan fingerprint density at radius 1 is 0.871 bits per heavy atom. The molecule has 0 saturated carbocycles. The van der Waals surface area contributed by atoms with Crippen molar-refractivity contribution in [1.82, 2.24) is 0 Å². The van der Waals surface area contributed by atoms with E-state index in [1.807, 2.05) is 91.0 Å². The summed E-state index contributed by atoms with van der Waals surface area (Å²) in [6, 6.07) is 29.5. The molecule has 2 atom stereocenters. The van der Waals surface area contributed by atoms with Crippen molar-refractivity contribution in [3.05, 3.63) is 108 Å². The number of oxime groups is 1. The van der Waals surface area contributed by atoms with Gasteiger partial charge in [-0.15, -0.1) is 0 Å². The molecule has 0 bridgehead atoms. The maximum atomic E-state index is 12.3. The summed E-state index contributed by atoms with van der Waals surface area (Å²) in [6.45, 7) is 0.864. The van der Waals surface area contributed by atoms with Crippen LogP contribution < -0.4 is 0 Å². The molecule has 0 aliphatic carbocycles. The molecule has 1 aliphatic heterocycles. The first-order valence-corrected chi connectivity index (χ1v) is 10.9. The van der Waals surface area contributed by atoms with Crippen molar-refractivity contribution < 1.29 is 19.1 Å². The van der Waals surface area contributed by atoms with Gasteiger partial charge in [-0.3, -0.25) is 0 Å². The molecule has 1 aliphatic rings. The van der Waals surface area contributed by atoms with Gasteiger partial charge in [0.2, 0.25) is 5.60 Å². The summed E-state index contributed by atoms with van der Waals surface area (Å²) in [5, 5.41) is 4.08. The average Bonchev–Trinajstić information content (AvgIpc) is 3.23. The minimum atomic E-state index is -1.03. The molecule has 4 rings (SSSR count). The van der Waals surface area contributed by atoms with E-state index in [-0.39, 0.29) is 10.9 Å². The van der Waals surface area contributed by atoms with E-state index in [0.717, 1.165) is 22.9 Å². The molecule has 5 nitrogen and oxygen atoms in total. The third-order valence-corrected chi connectivity index (χ3v) is 5.97. The number of hydrogen-bond acceptors (Lipinski definition) is 5. The zero-order chi connectivity index (χ0) is 21.5. The molecule has 1 heterocycles. The lowest BCUT2D eigenvalue weighted by Crippen LogP contribution is -2.31. The minimum absolute atomic E-state index is 0.0252. The van der Waals surface area contributed by atoms with Gasteiger partial charge in [0, 0.05) is 16.7 Å². The van der Waals surface area contributed by atoms with Crippen LogP contribution in [0.2, 0.25) is 0 Å². The Kier molecular flexibility index (Phi) is 6.79. The molecule has 0 radical (unpaired) electrons. The van der Waals surface area contributed by atoms with E-state index >= 15 is 0 Å². The number of ether oxygens (including phenoxy) is 2. The van der Waals surface area contributed by atoms with E-state index in [4.69, 9.17) is 14.3 Å². The van der Waals surface area contributed by atoms with Crippen molar-refractivity contribution >= 4 is 28.1 Å². The van der Waals surface area contributed by atoms with E-state index in [9.17, 15) is 4.79 Å². The van der Waals surface area contributed by atoms with Gasteiger partial charge in [0.05, 0.1) is 18.0 Å². The van der Waals surface area contributed by atoms with E-state index in [1.165, 1.54) is 0 Å². The van der Waals surface area contributed by atoms with Crippen LogP contribution in [-0.4, -0.2) is 36.3 Å². The SMILES string of the molecule is O=C(/C=N/OC(c1ccccc1)(c1ccccc1)c1ccccc1)O[C@H]1COC[C@@H]1Br. The fraction of sp³-hybridized carbons (Fsp3) is 0.200. The maximum absolute atomic E-state index is 12.3. The van der Waals surface area contributed by atoms with E-state index in [2.05, 4.69) is 21.1 Å². The molecule has 0 unspecified atom stereocenters. The highest BCUT2D eigenvalue weighted by Gasteiger charge is 2.39. The average molecular weight is 480 g/mol. The Morgan fingerprint density at radius 3 is 1.77 bits per heavy atom. The van der Waals surface area contributed by atoms with Gasteiger partial charge >= 0.3 is 5.97 Å². The van der Waals surface area contributed by atoms with Gasteiger partial charge in [0.1, 0.15) is 6.10 Å².